The fraction of sp³-hybridized carbons (Fsp3) is 0.867. The first-order chi connectivity index (χ1) is 8.76. The number of carbonyl (C=O) groups is 2. The molecule has 1 fully saturated rings. The van der Waals surface area contributed by atoms with Gasteiger partial charge in [-0.25, -0.2) is 0 Å². The fourth-order valence-corrected chi connectivity index (χ4v) is 2.36. The number of ketones is 1. The van der Waals surface area contributed by atoms with Crippen LogP contribution in [0.2, 0.25) is 0 Å². The fourth-order valence-electron chi connectivity index (χ4n) is 2.36. The van der Waals surface area contributed by atoms with E-state index in [1.807, 2.05) is 27.8 Å². The van der Waals surface area contributed by atoms with Crippen molar-refractivity contribution in [2.45, 2.75) is 77.4 Å². The van der Waals surface area contributed by atoms with Gasteiger partial charge in [-0.2, -0.15) is 0 Å². The lowest BCUT2D eigenvalue weighted by Gasteiger charge is -2.36. The predicted molar refractivity (Wildman–Crippen MR) is 77.0 cm³/mol. The minimum Gasteiger partial charge on any atom is -0.350 e. The van der Waals surface area contributed by atoms with Crippen molar-refractivity contribution in [3.05, 3.63) is 0 Å². The SMILES string of the molecule is CCC(C)(C)NC(=O)C(C)N(C)C1CCC(=O)CC1. The molecule has 1 aliphatic carbocycles. The van der Waals surface area contributed by atoms with Gasteiger partial charge < -0.3 is 5.32 Å². The largest absolute Gasteiger partial charge is 0.350 e. The number of hydrogen-bond donors (Lipinski definition) is 1. The first-order valence-corrected chi connectivity index (χ1v) is 7.32. The maximum atomic E-state index is 12.2. The van der Waals surface area contributed by atoms with E-state index in [1.54, 1.807) is 0 Å². The number of nitrogens with zero attached hydrogens (tertiary/aromatic N) is 1. The van der Waals surface area contributed by atoms with Crippen molar-refractivity contribution in [3.8, 4) is 0 Å². The first kappa shape index (κ1) is 16.2. The minimum absolute atomic E-state index is 0.0752. The molecule has 0 aromatic carbocycles. The molecule has 1 rings (SSSR count). The quantitative estimate of drug-likeness (QED) is 0.831. The molecule has 1 N–H and O–H groups in total. The van der Waals surface area contributed by atoms with Crippen molar-refractivity contribution in [1.82, 2.24) is 10.2 Å². The van der Waals surface area contributed by atoms with Gasteiger partial charge in [-0.3, -0.25) is 14.5 Å². The van der Waals surface area contributed by atoms with Crippen LogP contribution in [-0.2, 0) is 9.59 Å². The molecule has 1 amide bonds. The number of Topliss-reactive ketones (excluding diaryl/α,β-unsaturated/α-hetero) is 1. The second-order valence-electron chi connectivity index (χ2n) is 6.34. The van der Waals surface area contributed by atoms with Gasteiger partial charge in [-0.15, -0.1) is 0 Å². The standard InChI is InChI=1S/C15H28N2O2/c1-6-15(3,4)16-14(19)11(2)17(5)12-7-9-13(18)10-8-12/h11-12H,6-10H2,1-5H3,(H,16,19). The van der Waals surface area contributed by atoms with Gasteiger partial charge in [0.2, 0.25) is 5.91 Å². The van der Waals surface area contributed by atoms with Crippen molar-refractivity contribution < 1.29 is 9.59 Å². The van der Waals surface area contributed by atoms with E-state index in [9.17, 15) is 9.59 Å². The summed E-state index contributed by atoms with van der Waals surface area (Å²) < 4.78 is 0. The van der Waals surface area contributed by atoms with E-state index in [2.05, 4.69) is 17.1 Å². The van der Waals surface area contributed by atoms with E-state index in [0.29, 0.717) is 24.7 Å². The highest BCUT2D eigenvalue weighted by Gasteiger charge is 2.30. The second-order valence-corrected chi connectivity index (χ2v) is 6.34. The summed E-state index contributed by atoms with van der Waals surface area (Å²) in [7, 11) is 1.99. The predicted octanol–water partition coefficient (Wildman–Crippen LogP) is 2.12. The molecule has 4 heteroatoms. The Morgan fingerprint density at radius 3 is 2.42 bits per heavy atom. The summed E-state index contributed by atoms with van der Waals surface area (Å²) in [6, 6.07) is 0.201. The van der Waals surface area contributed by atoms with Crippen LogP contribution in [0.1, 0.15) is 59.8 Å². The Morgan fingerprint density at radius 1 is 1.42 bits per heavy atom. The zero-order valence-corrected chi connectivity index (χ0v) is 13.0. The average molecular weight is 268 g/mol. The molecular weight excluding hydrogens is 240 g/mol. The third kappa shape index (κ3) is 4.60. The molecule has 1 unspecified atom stereocenters. The maximum Gasteiger partial charge on any atom is 0.237 e. The monoisotopic (exact) mass is 268 g/mol. The Bertz CT molecular complexity index is 329. The molecule has 0 heterocycles. The van der Waals surface area contributed by atoms with Gasteiger partial charge in [0.25, 0.3) is 0 Å². The van der Waals surface area contributed by atoms with Crippen molar-refractivity contribution in [2.75, 3.05) is 7.05 Å². The maximum absolute atomic E-state index is 12.2. The molecule has 1 saturated carbocycles. The van der Waals surface area contributed by atoms with Crippen LogP contribution >= 0.6 is 0 Å². The van der Waals surface area contributed by atoms with Gasteiger partial charge in [0.05, 0.1) is 6.04 Å². The Kier molecular flexibility index (Phi) is 5.53. The van der Waals surface area contributed by atoms with Crippen LogP contribution in [-0.4, -0.2) is 41.3 Å². The third-order valence-electron chi connectivity index (χ3n) is 4.42. The van der Waals surface area contributed by atoms with E-state index >= 15 is 0 Å². The molecule has 0 aromatic heterocycles. The van der Waals surface area contributed by atoms with Crippen molar-refractivity contribution >= 4 is 11.7 Å². The van der Waals surface area contributed by atoms with Gasteiger partial charge in [0.15, 0.2) is 0 Å². The summed E-state index contributed by atoms with van der Waals surface area (Å²) in [5, 5.41) is 3.09. The number of hydrogen-bond acceptors (Lipinski definition) is 3. The summed E-state index contributed by atoms with van der Waals surface area (Å²) in [4.78, 5) is 25.6. The lowest BCUT2D eigenvalue weighted by Crippen LogP contribution is -2.53. The number of likely N-dealkylation sites (N-methyl/N-ethyl adjacent to an activating group) is 1. The molecule has 1 atom stereocenters. The van der Waals surface area contributed by atoms with Crippen molar-refractivity contribution in [3.63, 3.8) is 0 Å². The third-order valence-corrected chi connectivity index (χ3v) is 4.42. The highest BCUT2D eigenvalue weighted by Crippen LogP contribution is 2.21. The van der Waals surface area contributed by atoms with Crippen LogP contribution in [0.15, 0.2) is 0 Å². The summed E-state index contributed by atoms with van der Waals surface area (Å²) in [5.41, 5.74) is -0.158. The Hall–Kier alpha value is -0.900. The molecule has 0 saturated heterocycles. The zero-order chi connectivity index (χ0) is 14.6. The van der Waals surface area contributed by atoms with Gasteiger partial charge in [-0.1, -0.05) is 6.92 Å². The summed E-state index contributed by atoms with van der Waals surface area (Å²) in [6.07, 6.45) is 3.98. The number of rotatable bonds is 5. The lowest BCUT2D eigenvalue weighted by molar-refractivity contribution is -0.128. The number of amides is 1. The molecule has 110 valence electrons. The van der Waals surface area contributed by atoms with Gasteiger partial charge in [-0.05, 0) is 47.1 Å². The summed E-state index contributed by atoms with van der Waals surface area (Å²) in [5.74, 6) is 0.431. The first-order valence-electron chi connectivity index (χ1n) is 7.32. The number of nitrogens with one attached hydrogen (secondary N) is 1. The molecule has 0 spiro atoms. The van der Waals surface area contributed by atoms with E-state index in [4.69, 9.17) is 0 Å². The van der Waals surface area contributed by atoms with Gasteiger partial charge in [0.1, 0.15) is 5.78 Å². The van der Waals surface area contributed by atoms with E-state index in [-0.39, 0.29) is 17.5 Å². The van der Waals surface area contributed by atoms with Gasteiger partial charge in [0, 0.05) is 24.4 Å². The second kappa shape index (κ2) is 6.51. The van der Waals surface area contributed by atoms with E-state index < -0.39 is 0 Å². The van der Waals surface area contributed by atoms with E-state index in [1.165, 1.54) is 0 Å². The topological polar surface area (TPSA) is 49.4 Å². The molecule has 0 radical (unpaired) electrons. The average Bonchev–Trinajstić information content (AvgIpc) is 2.37. The Morgan fingerprint density at radius 2 is 1.95 bits per heavy atom. The zero-order valence-electron chi connectivity index (χ0n) is 13.0. The minimum atomic E-state index is -0.158. The molecule has 0 aliphatic heterocycles. The van der Waals surface area contributed by atoms with Crippen LogP contribution in [0.5, 0.6) is 0 Å². The van der Waals surface area contributed by atoms with Crippen LogP contribution in [0.25, 0.3) is 0 Å². The molecule has 0 bridgehead atoms. The van der Waals surface area contributed by atoms with Crippen molar-refractivity contribution in [2.24, 2.45) is 0 Å². The van der Waals surface area contributed by atoms with Crippen LogP contribution in [0.3, 0.4) is 0 Å². The van der Waals surface area contributed by atoms with E-state index in [0.717, 1.165) is 19.3 Å². The van der Waals surface area contributed by atoms with Crippen LogP contribution < -0.4 is 5.32 Å². The molecule has 0 aromatic rings. The molecular formula is C15H28N2O2. The summed E-state index contributed by atoms with van der Waals surface area (Å²) >= 11 is 0. The Balaban J connectivity index is 2.54. The van der Waals surface area contributed by atoms with Crippen LogP contribution in [0, 0.1) is 0 Å². The number of carbonyl (C=O) groups excluding carboxylic acids is 2. The smallest absolute Gasteiger partial charge is 0.237 e. The highest BCUT2D eigenvalue weighted by molar-refractivity contribution is 5.82. The molecule has 19 heavy (non-hydrogen) atoms. The van der Waals surface area contributed by atoms with Gasteiger partial charge >= 0.3 is 0 Å². The lowest BCUT2D eigenvalue weighted by atomic mass is 9.92. The normalized spacial score (nSPS) is 19.6. The molecule has 4 nitrogen and oxygen atoms in total. The van der Waals surface area contributed by atoms with Crippen molar-refractivity contribution in [1.29, 1.82) is 0 Å². The highest BCUT2D eigenvalue weighted by atomic mass is 16.2. The van der Waals surface area contributed by atoms with Crippen LogP contribution in [0.4, 0.5) is 0 Å². The summed E-state index contributed by atoms with van der Waals surface area (Å²) in [6.45, 7) is 8.09. The molecule has 1 aliphatic rings. The Labute approximate surface area is 116 Å².